The molecule has 0 aliphatic heterocycles. The average molecular weight is 334 g/mol. The second-order valence-electron chi connectivity index (χ2n) is 5.03. The maximum atomic E-state index is 6.19. The number of rotatable bonds is 5. The van der Waals surface area contributed by atoms with Crippen LogP contribution in [0.3, 0.4) is 0 Å². The Hall–Kier alpha value is -1.82. The standard InChI is InChI=1S/C18H17Cl2NO/c1-4-7-22-18-16(19)9-14(10-17(18)20)11-21-15-6-5-12(2)13(3)8-15/h1,5-6,8-10,21H,7,11H2,2-3H3. The molecule has 0 aliphatic rings. The molecule has 2 nitrogen and oxygen atoms in total. The van der Waals surface area contributed by atoms with Crippen LogP contribution in [0.15, 0.2) is 30.3 Å². The highest BCUT2D eigenvalue weighted by Crippen LogP contribution is 2.34. The Balaban J connectivity index is 2.10. The fraction of sp³-hybridized carbons (Fsp3) is 0.222. The predicted octanol–water partition coefficient (Wildman–Crippen LogP) is 5.23. The van der Waals surface area contributed by atoms with Gasteiger partial charge in [0.05, 0.1) is 10.0 Å². The van der Waals surface area contributed by atoms with Gasteiger partial charge >= 0.3 is 0 Å². The van der Waals surface area contributed by atoms with Gasteiger partial charge in [0.2, 0.25) is 0 Å². The number of anilines is 1. The van der Waals surface area contributed by atoms with E-state index in [9.17, 15) is 0 Å². The predicted molar refractivity (Wildman–Crippen MR) is 94.0 cm³/mol. The zero-order chi connectivity index (χ0) is 16.1. The molecule has 1 N–H and O–H groups in total. The van der Waals surface area contributed by atoms with Gasteiger partial charge in [0.25, 0.3) is 0 Å². The molecule has 22 heavy (non-hydrogen) atoms. The van der Waals surface area contributed by atoms with Gasteiger partial charge in [-0.2, -0.15) is 0 Å². The lowest BCUT2D eigenvalue weighted by Gasteiger charge is -2.12. The van der Waals surface area contributed by atoms with Crippen molar-refractivity contribution in [3.8, 4) is 18.1 Å². The summed E-state index contributed by atoms with van der Waals surface area (Å²) < 4.78 is 5.34. The molecular formula is C18H17Cl2NO. The average Bonchev–Trinajstić information content (AvgIpc) is 2.48. The lowest BCUT2D eigenvalue weighted by atomic mass is 10.1. The van der Waals surface area contributed by atoms with Gasteiger partial charge in [-0.15, -0.1) is 6.42 Å². The van der Waals surface area contributed by atoms with E-state index in [0.29, 0.717) is 22.3 Å². The summed E-state index contributed by atoms with van der Waals surface area (Å²) in [5, 5.41) is 4.27. The van der Waals surface area contributed by atoms with Gasteiger partial charge in [-0.3, -0.25) is 0 Å². The van der Waals surface area contributed by atoms with Gasteiger partial charge in [-0.05, 0) is 54.8 Å². The molecule has 0 saturated carbocycles. The first-order valence-corrected chi connectivity index (χ1v) is 7.62. The van der Waals surface area contributed by atoms with E-state index >= 15 is 0 Å². The summed E-state index contributed by atoms with van der Waals surface area (Å²) in [6.45, 7) is 4.94. The third-order valence-corrected chi connectivity index (χ3v) is 3.92. The van der Waals surface area contributed by atoms with Gasteiger partial charge in [-0.1, -0.05) is 35.2 Å². The number of terminal acetylenes is 1. The Morgan fingerprint density at radius 1 is 1.09 bits per heavy atom. The molecule has 0 aromatic heterocycles. The summed E-state index contributed by atoms with van der Waals surface area (Å²) in [7, 11) is 0. The highest BCUT2D eigenvalue weighted by atomic mass is 35.5. The summed E-state index contributed by atoms with van der Waals surface area (Å²) in [6.07, 6.45) is 5.17. The number of hydrogen-bond acceptors (Lipinski definition) is 2. The highest BCUT2D eigenvalue weighted by Gasteiger charge is 2.09. The molecular weight excluding hydrogens is 317 g/mol. The second kappa shape index (κ2) is 7.45. The Labute approximate surface area is 141 Å². The summed E-state index contributed by atoms with van der Waals surface area (Å²) >= 11 is 12.4. The molecule has 0 aliphatic carbocycles. The van der Waals surface area contributed by atoms with E-state index in [4.69, 9.17) is 34.4 Å². The summed E-state index contributed by atoms with van der Waals surface area (Å²) in [5.41, 5.74) is 4.55. The van der Waals surface area contributed by atoms with Gasteiger partial charge in [0.1, 0.15) is 6.61 Å². The molecule has 0 saturated heterocycles. The summed E-state index contributed by atoms with van der Waals surface area (Å²) in [6, 6.07) is 9.91. The number of benzene rings is 2. The molecule has 2 aromatic carbocycles. The topological polar surface area (TPSA) is 21.3 Å². The molecule has 0 bridgehead atoms. The summed E-state index contributed by atoms with van der Waals surface area (Å²) in [4.78, 5) is 0. The minimum Gasteiger partial charge on any atom is -0.478 e. The zero-order valence-electron chi connectivity index (χ0n) is 12.5. The highest BCUT2D eigenvalue weighted by molar-refractivity contribution is 6.37. The molecule has 0 spiro atoms. The van der Waals surface area contributed by atoms with Crippen molar-refractivity contribution in [2.24, 2.45) is 0 Å². The van der Waals surface area contributed by atoms with E-state index < -0.39 is 0 Å². The van der Waals surface area contributed by atoms with Crippen LogP contribution in [0, 0.1) is 26.2 Å². The van der Waals surface area contributed by atoms with Gasteiger partial charge in [-0.25, -0.2) is 0 Å². The normalized spacial score (nSPS) is 10.1. The quantitative estimate of drug-likeness (QED) is 0.756. The molecule has 114 valence electrons. The minimum absolute atomic E-state index is 0.139. The zero-order valence-corrected chi connectivity index (χ0v) is 14.1. The lowest BCUT2D eigenvalue weighted by molar-refractivity contribution is 0.371. The number of hydrogen-bond donors (Lipinski definition) is 1. The number of ether oxygens (including phenoxy) is 1. The molecule has 0 unspecified atom stereocenters. The van der Waals surface area contributed by atoms with E-state index in [-0.39, 0.29) is 6.61 Å². The van der Waals surface area contributed by atoms with Crippen LogP contribution in [0.4, 0.5) is 5.69 Å². The number of nitrogens with one attached hydrogen (secondary N) is 1. The van der Waals surface area contributed by atoms with Crippen molar-refractivity contribution < 1.29 is 4.74 Å². The first-order valence-electron chi connectivity index (χ1n) is 6.86. The third-order valence-electron chi connectivity index (χ3n) is 3.36. The van der Waals surface area contributed by atoms with Crippen LogP contribution in [-0.4, -0.2) is 6.61 Å². The molecule has 0 heterocycles. The van der Waals surface area contributed by atoms with Crippen LogP contribution in [0.2, 0.25) is 10.0 Å². The SMILES string of the molecule is C#CCOc1c(Cl)cc(CNc2ccc(C)c(C)c2)cc1Cl. The monoisotopic (exact) mass is 333 g/mol. The number of halogens is 2. The Morgan fingerprint density at radius 3 is 2.36 bits per heavy atom. The van der Waals surface area contributed by atoms with Crippen molar-refractivity contribution in [2.45, 2.75) is 20.4 Å². The smallest absolute Gasteiger partial charge is 0.157 e. The maximum Gasteiger partial charge on any atom is 0.157 e. The van der Waals surface area contributed by atoms with E-state index in [1.807, 2.05) is 12.1 Å². The van der Waals surface area contributed by atoms with Crippen LogP contribution in [-0.2, 0) is 6.54 Å². The fourth-order valence-corrected chi connectivity index (χ4v) is 2.66. The maximum absolute atomic E-state index is 6.19. The molecule has 0 fully saturated rings. The van der Waals surface area contributed by atoms with Crippen molar-refractivity contribution in [1.82, 2.24) is 0 Å². The Bertz CT molecular complexity index is 697. The molecule has 2 rings (SSSR count). The van der Waals surface area contributed by atoms with E-state index in [2.05, 4.69) is 43.3 Å². The van der Waals surface area contributed by atoms with Crippen LogP contribution < -0.4 is 10.1 Å². The van der Waals surface area contributed by atoms with Crippen molar-refractivity contribution in [3.63, 3.8) is 0 Å². The third kappa shape index (κ3) is 4.10. The number of aryl methyl sites for hydroxylation is 2. The van der Waals surface area contributed by atoms with E-state index in [0.717, 1.165) is 11.3 Å². The first kappa shape index (κ1) is 16.5. The van der Waals surface area contributed by atoms with Crippen LogP contribution in [0.25, 0.3) is 0 Å². The molecule has 4 heteroatoms. The van der Waals surface area contributed by atoms with Gasteiger partial charge in [0, 0.05) is 12.2 Å². The van der Waals surface area contributed by atoms with Crippen molar-refractivity contribution in [1.29, 1.82) is 0 Å². The Morgan fingerprint density at radius 2 is 1.77 bits per heavy atom. The molecule has 0 amide bonds. The fourth-order valence-electron chi connectivity index (χ4n) is 2.02. The van der Waals surface area contributed by atoms with Crippen LogP contribution in [0.5, 0.6) is 5.75 Å². The Kier molecular flexibility index (Phi) is 5.60. The molecule has 0 atom stereocenters. The van der Waals surface area contributed by atoms with Crippen LogP contribution >= 0.6 is 23.2 Å². The largest absolute Gasteiger partial charge is 0.478 e. The first-order chi connectivity index (χ1) is 10.5. The van der Waals surface area contributed by atoms with Crippen LogP contribution in [0.1, 0.15) is 16.7 Å². The van der Waals surface area contributed by atoms with Crippen molar-refractivity contribution in [3.05, 3.63) is 57.1 Å². The lowest BCUT2D eigenvalue weighted by Crippen LogP contribution is -2.01. The van der Waals surface area contributed by atoms with Crippen molar-refractivity contribution in [2.75, 3.05) is 11.9 Å². The van der Waals surface area contributed by atoms with Gasteiger partial charge < -0.3 is 10.1 Å². The minimum atomic E-state index is 0.139. The van der Waals surface area contributed by atoms with E-state index in [1.54, 1.807) is 0 Å². The molecule has 0 radical (unpaired) electrons. The van der Waals surface area contributed by atoms with Gasteiger partial charge in [0.15, 0.2) is 5.75 Å². The second-order valence-corrected chi connectivity index (χ2v) is 5.85. The van der Waals surface area contributed by atoms with E-state index in [1.165, 1.54) is 11.1 Å². The molecule has 2 aromatic rings. The summed E-state index contributed by atoms with van der Waals surface area (Å²) in [5.74, 6) is 2.82. The van der Waals surface area contributed by atoms with Crippen molar-refractivity contribution >= 4 is 28.9 Å².